The summed E-state index contributed by atoms with van der Waals surface area (Å²) in [4.78, 5) is 4.60. The molecule has 2 rings (SSSR count). The third-order valence-corrected chi connectivity index (χ3v) is 3.46. The topological polar surface area (TPSA) is 37.0 Å². The second-order valence-corrected chi connectivity index (χ2v) is 5.26. The quantitative estimate of drug-likeness (QED) is 0.731. The van der Waals surface area contributed by atoms with E-state index in [2.05, 4.69) is 41.6 Å². The second kappa shape index (κ2) is 6.62. The van der Waals surface area contributed by atoms with Crippen molar-refractivity contribution in [1.82, 2.24) is 4.98 Å². The molecule has 0 aromatic carbocycles. The lowest BCUT2D eigenvalue weighted by Gasteiger charge is -2.17. The van der Waals surface area contributed by atoms with E-state index in [0.29, 0.717) is 6.04 Å². The van der Waals surface area contributed by atoms with Crippen LogP contribution >= 0.6 is 0 Å². The summed E-state index contributed by atoms with van der Waals surface area (Å²) in [5.74, 6) is 2.94. The molecule has 1 aliphatic rings. The molecule has 0 aliphatic heterocycles. The van der Waals surface area contributed by atoms with Crippen molar-refractivity contribution in [2.45, 2.75) is 52.0 Å². The summed E-state index contributed by atoms with van der Waals surface area (Å²) in [7, 11) is 0. The van der Waals surface area contributed by atoms with E-state index in [4.69, 9.17) is 0 Å². The Morgan fingerprint density at radius 3 is 2.72 bits per heavy atom. The molecule has 0 spiro atoms. The fraction of sp³-hybridized carbons (Fsp3) is 0.667. The van der Waals surface area contributed by atoms with Crippen LogP contribution in [0.5, 0.6) is 0 Å². The van der Waals surface area contributed by atoms with Crippen LogP contribution in [0.15, 0.2) is 18.2 Å². The molecular formula is C15H25N3. The number of nitrogens with one attached hydrogen (secondary N) is 2. The van der Waals surface area contributed by atoms with E-state index in [0.717, 1.165) is 30.5 Å². The Bertz CT molecular complexity index is 361. The van der Waals surface area contributed by atoms with Gasteiger partial charge in [-0.15, -0.1) is 0 Å². The molecule has 1 unspecified atom stereocenters. The number of aromatic nitrogens is 1. The van der Waals surface area contributed by atoms with E-state index in [1.807, 2.05) is 6.07 Å². The largest absolute Gasteiger partial charge is 0.370 e. The highest BCUT2D eigenvalue weighted by Crippen LogP contribution is 2.34. The number of anilines is 2. The first-order valence-corrected chi connectivity index (χ1v) is 7.29. The normalized spacial score (nSPS) is 16.3. The lowest BCUT2D eigenvalue weighted by molar-refractivity contribution is 0.585. The molecule has 1 aromatic heterocycles. The van der Waals surface area contributed by atoms with Crippen LogP contribution in [0.4, 0.5) is 11.6 Å². The maximum atomic E-state index is 4.60. The van der Waals surface area contributed by atoms with E-state index in [-0.39, 0.29) is 0 Å². The van der Waals surface area contributed by atoms with Crippen LogP contribution < -0.4 is 10.6 Å². The molecule has 2 N–H and O–H groups in total. The van der Waals surface area contributed by atoms with E-state index in [1.54, 1.807) is 0 Å². The molecule has 1 heterocycles. The van der Waals surface area contributed by atoms with E-state index >= 15 is 0 Å². The Balaban J connectivity index is 1.89. The number of hydrogen-bond donors (Lipinski definition) is 2. The maximum Gasteiger partial charge on any atom is 0.128 e. The first kappa shape index (κ1) is 13.2. The zero-order valence-electron chi connectivity index (χ0n) is 11.6. The fourth-order valence-electron chi connectivity index (χ4n) is 2.16. The van der Waals surface area contributed by atoms with Crippen molar-refractivity contribution in [1.29, 1.82) is 0 Å². The molecule has 1 aromatic rings. The number of nitrogens with zero attached hydrogens (tertiary/aromatic N) is 1. The highest BCUT2D eigenvalue weighted by Gasteiger charge is 2.24. The summed E-state index contributed by atoms with van der Waals surface area (Å²) < 4.78 is 0. The smallest absolute Gasteiger partial charge is 0.128 e. The highest BCUT2D eigenvalue weighted by atomic mass is 15.1. The van der Waals surface area contributed by atoms with Gasteiger partial charge in [-0.2, -0.15) is 0 Å². The zero-order chi connectivity index (χ0) is 12.8. The van der Waals surface area contributed by atoms with Gasteiger partial charge in [-0.3, -0.25) is 0 Å². The molecule has 3 nitrogen and oxygen atoms in total. The molecule has 0 radical (unpaired) electrons. The first-order chi connectivity index (χ1) is 8.81. The van der Waals surface area contributed by atoms with Gasteiger partial charge < -0.3 is 10.6 Å². The molecule has 3 heteroatoms. The Hall–Kier alpha value is -1.25. The van der Waals surface area contributed by atoms with Crippen molar-refractivity contribution in [3.05, 3.63) is 18.2 Å². The van der Waals surface area contributed by atoms with E-state index in [1.165, 1.54) is 25.7 Å². The summed E-state index contributed by atoms with van der Waals surface area (Å²) in [5, 5.41) is 6.89. The minimum Gasteiger partial charge on any atom is -0.370 e. The van der Waals surface area contributed by atoms with Crippen LogP contribution in [-0.4, -0.2) is 17.6 Å². The molecule has 1 saturated carbocycles. The van der Waals surface area contributed by atoms with Crippen molar-refractivity contribution in [2.75, 3.05) is 17.2 Å². The minimum atomic E-state index is 0.575. The maximum absolute atomic E-state index is 4.60. The Labute approximate surface area is 110 Å². The molecule has 0 bridgehead atoms. The fourth-order valence-corrected chi connectivity index (χ4v) is 2.16. The van der Waals surface area contributed by atoms with Gasteiger partial charge in [0.2, 0.25) is 0 Å². The van der Waals surface area contributed by atoms with E-state index in [9.17, 15) is 0 Å². The van der Waals surface area contributed by atoms with Crippen LogP contribution in [0, 0.1) is 5.92 Å². The predicted octanol–water partition coefficient (Wildman–Crippen LogP) is 3.89. The second-order valence-electron chi connectivity index (χ2n) is 5.26. The predicted molar refractivity (Wildman–Crippen MR) is 78.1 cm³/mol. The summed E-state index contributed by atoms with van der Waals surface area (Å²) in [6.07, 6.45) is 6.43. The van der Waals surface area contributed by atoms with Gasteiger partial charge in [0.1, 0.15) is 11.6 Å². The van der Waals surface area contributed by atoms with Gasteiger partial charge in [-0.25, -0.2) is 4.98 Å². The monoisotopic (exact) mass is 247 g/mol. The van der Waals surface area contributed by atoms with Gasteiger partial charge in [-0.05, 0) is 37.3 Å². The van der Waals surface area contributed by atoms with Gasteiger partial charge in [-0.1, -0.05) is 32.8 Å². The Kier molecular flexibility index (Phi) is 4.85. The van der Waals surface area contributed by atoms with Crippen LogP contribution in [0.3, 0.4) is 0 Å². The lowest BCUT2D eigenvalue weighted by atomic mass is 10.1. The molecule has 1 fully saturated rings. The summed E-state index contributed by atoms with van der Waals surface area (Å²) in [5.41, 5.74) is 0. The van der Waals surface area contributed by atoms with Crippen LogP contribution in [-0.2, 0) is 0 Å². The average molecular weight is 247 g/mol. The van der Waals surface area contributed by atoms with E-state index < -0.39 is 0 Å². The summed E-state index contributed by atoms with van der Waals surface area (Å²) in [6.45, 7) is 5.40. The minimum absolute atomic E-state index is 0.575. The van der Waals surface area contributed by atoms with Gasteiger partial charge in [0.15, 0.2) is 0 Å². The van der Waals surface area contributed by atoms with Crippen molar-refractivity contribution in [2.24, 2.45) is 5.92 Å². The molecule has 100 valence electrons. The van der Waals surface area contributed by atoms with Crippen LogP contribution in [0.2, 0.25) is 0 Å². The van der Waals surface area contributed by atoms with Gasteiger partial charge in [0, 0.05) is 12.6 Å². The molecule has 18 heavy (non-hydrogen) atoms. The molecule has 1 aliphatic carbocycles. The SMILES string of the molecule is CCCNc1cccc(NC(CC)CC2CC2)n1. The zero-order valence-corrected chi connectivity index (χ0v) is 11.6. The molecule has 1 atom stereocenters. The first-order valence-electron chi connectivity index (χ1n) is 7.29. The number of pyridine rings is 1. The van der Waals surface area contributed by atoms with Crippen molar-refractivity contribution in [3.8, 4) is 0 Å². The van der Waals surface area contributed by atoms with Gasteiger partial charge >= 0.3 is 0 Å². The third kappa shape index (κ3) is 4.21. The van der Waals surface area contributed by atoms with Crippen molar-refractivity contribution >= 4 is 11.6 Å². The van der Waals surface area contributed by atoms with Crippen molar-refractivity contribution < 1.29 is 0 Å². The molecule has 0 saturated heterocycles. The number of hydrogen-bond acceptors (Lipinski definition) is 3. The van der Waals surface area contributed by atoms with Crippen LogP contribution in [0.25, 0.3) is 0 Å². The molecule has 0 amide bonds. The Morgan fingerprint density at radius 2 is 2.06 bits per heavy atom. The number of rotatable bonds is 8. The molecular weight excluding hydrogens is 222 g/mol. The summed E-state index contributed by atoms with van der Waals surface area (Å²) >= 11 is 0. The highest BCUT2D eigenvalue weighted by molar-refractivity contribution is 5.45. The lowest BCUT2D eigenvalue weighted by Crippen LogP contribution is -2.20. The van der Waals surface area contributed by atoms with Gasteiger partial charge in [0.05, 0.1) is 0 Å². The van der Waals surface area contributed by atoms with Crippen LogP contribution in [0.1, 0.15) is 46.0 Å². The average Bonchev–Trinajstić information content (AvgIpc) is 3.20. The summed E-state index contributed by atoms with van der Waals surface area (Å²) in [6, 6.07) is 6.73. The third-order valence-electron chi connectivity index (χ3n) is 3.46. The standard InChI is InChI=1S/C15H25N3/c1-3-10-16-14-6-5-7-15(18-14)17-13(4-2)11-12-8-9-12/h5-7,12-13H,3-4,8-11H2,1-2H3,(H2,16,17,18). The Morgan fingerprint density at radius 1 is 1.28 bits per heavy atom. The van der Waals surface area contributed by atoms with Gasteiger partial charge in [0.25, 0.3) is 0 Å². The van der Waals surface area contributed by atoms with Crippen molar-refractivity contribution in [3.63, 3.8) is 0 Å².